The molecule has 0 heterocycles. The van der Waals surface area contributed by atoms with Crippen molar-refractivity contribution < 1.29 is 23.1 Å². The predicted octanol–water partition coefficient (Wildman–Crippen LogP) is 2.54. The summed E-state index contributed by atoms with van der Waals surface area (Å²) >= 11 is 0. The Balaban J connectivity index is 2.93. The van der Waals surface area contributed by atoms with Gasteiger partial charge in [0, 0.05) is 6.42 Å². The fourth-order valence-corrected chi connectivity index (χ4v) is 1.17. The summed E-state index contributed by atoms with van der Waals surface area (Å²) in [6.07, 6.45) is -3.38. The zero-order valence-corrected chi connectivity index (χ0v) is 7.71. The van der Waals surface area contributed by atoms with Crippen molar-refractivity contribution in [3.05, 3.63) is 29.3 Å². The minimum Gasteiger partial charge on any atom is -0.508 e. The Labute approximate surface area is 84.3 Å². The number of benzene rings is 1. The Hall–Kier alpha value is -1.52. The molecule has 0 aliphatic carbocycles. The highest BCUT2D eigenvalue weighted by Gasteiger charge is 2.30. The molecule has 0 radical (unpaired) electrons. The van der Waals surface area contributed by atoms with Crippen molar-refractivity contribution in [2.45, 2.75) is 19.0 Å². The van der Waals surface area contributed by atoms with E-state index in [4.69, 9.17) is 0 Å². The second kappa shape index (κ2) is 4.33. The lowest BCUT2D eigenvalue weighted by atomic mass is 10.1. The highest BCUT2D eigenvalue weighted by molar-refractivity contribution is 5.51. The third-order valence-corrected chi connectivity index (χ3v) is 1.94. The second-order valence-electron chi connectivity index (χ2n) is 3.05. The summed E-state index contributed by atoms with van der Waals surface area (Å²) in [5, 5.41) is 9.27. The molecular weight excluding hydrogens is 209 g/mol. The van der Waals surface area contributed by atoms with Gasteiger partial charge in [0.15, 0.2) is 0 Å². The number of aldehydes is 1. The predicted molar refractivity (Wildman–Crippen MR) is 47.5 cm³/mol. The first-order valence-electron chi connectivity index (χ1n) is 4.28. The second-order valence-corrected chi connectivity index (χ2v) is 3.05. The molecular formula is C10H9F3O2. The van der Waals surface area contributed by atoms with E-state index in [9.17, 15) is 23.1 Å². The van der Waals surface area contributed by atoms with Crippen LogP contribution in [0.25, 0.3) is 0 Å². The molecule has 0 fully saturated rings. The molecule has 0 amide bonds. The maximum Gasteiger partial charge on any atom is 0.416 e. The normalized spacial score (nSPS) is 11.4. The third kappa shape index (κ3) is 2.97. The third-order valence-electron chi connectivity index (χ3n) is 1.94. The van der Waals surface area contributed by atoms with Gasteiger partial charge in [0.2, 0.25) is 0 Å². The van der Waals surface area contributed by atoms with Gasteiger partial charge in [0.05, 0.1) is 5.56 Å². The van der Waals surface area contributed by atoms with Crippen molar-refractivity contribution in [1.82, 2.24) is 0 Å². The Morgan fingerprint density at radius 3 is 2.47 bits per heavy atom. The van der Waals surface area contributed by atoms with Gasteiger partial charge in [-0.05, 0) is 24.1 Å². The maximum atomic E-state index is 12.2. The van der Waals surface area contributed by atoms with Crippen LogP contribution in [0.3, 0.4) is 0 Å². The zero-order valence-electron chi connectivity index (χ0n) is 7.71. The Bertz CT molecular complexity index is 358. The molecule has 1 aromatic carbocycles. The number of carbonyl (C=O) groups is 1. The molecule has 0 spiro atoms. The molecule has 0 atom stereocenters. The van der Waals surface area contributed by atoms with Crippen molar-refractivity contribution in [3.8, 4) is 5.75 Å². The monoisotopic (exact) mass is 218 g/mol. The van der Waals surface area contributed by atoms with Gasteiger partial charge in [-0.3, -0.25) is 0 Å². The van der Waals surface area contributed by atoms with Crippen molar-refractivity contribution in [2.75, 3.05) is 0 Å². The van der Waals surface area contributed by atoms with Crippen LogP contribution in [0.1, 0.15) is 17.5 Å². The van der Waals surface area contributed by atoms with E-state index in [0.29, 0.717) is 17.9 Å². The Morgan fingerprint density at radius 2 is 2.00 bits per heavy atom. The largest absolute Gasteiger partial charge is 0.508 e. The van der Waals surface area contributed by atoms with Crippen LogP contribution in [0.5, 0.6) is 5.75 Å². The van der Waals surface area contributed by atoms with Gasteiger partial charge >= 0.3 is 6.18 Å². The molecule has 0 bridgehead atoms. The molecule has 0 aliphatic rings. The quantitative estimate of drug-likeness (QED) is 0.791. The van der Waals surface area contributed by atoms with E-state index in [2.05, 4.69) is 0 Å². The van der Waals surface area contributed by atoms with E-state index in [1.54, 1.807) is 0 Å². The van der Waals surface area contributed by atoms with Gasteiger partial charge in [0.1, 0.15) is 12.0 Å². The molecule has 0 unspecified atom stereocenters. The van der Waals surface area contributed by atoms with E-state index in [-0.39, 0.29) is 12.8 Å². The molecule has 15 heavy (non-hydrogen) atoms. The van der Waals surface area contributed by atoms with Gasteiger partial charge in [-0.2, -0.15) is 13.2 Å². The summed E-state index contributed by atoms with van der Waals surface area (Å²) < 4.78 is 36.6. The molecule has 0 saturated heterocycles. The van der Waals surface area contributed by atoms with Crippen LogP contribution in [0.15, 0.2) is 18.2 Å². The van der Waals surface area contributed by atoms with Gasteiger partial charge in [-0.25, -0.2) is 0 Å². The van der Waals surface area contributed by atoms with E-state index in [1.807, 2.05) is 0 Å². The Morgan fingerprint density at radius 1 is 1.33 bits per heavy atom. The molecule has 1 rings (SSSR count). The van der Waals surface area contributed by atoms with Crippen LogP contribution in [0.4, 0.5) is 13.2 Å². The van der Waals surface area contributed by atoms with Crippen LogP contribution < -0.4 is 0 Å². The average Bonchev–Trinajstić information content (AvgIpc) is 2.14. The molecule has 5 heteroatoms. The van der Waals surface area contributed by atoms with Crippen molar-refractivity contribution in [2.24, 2.45) is 0 Å². The van der Waals surface area contributed by atoms with Gasteiger partial charge < -0.3 is 9.90 Å². The highest BCUT2D eigenvalue weighted by Crippen LogP contribution is 2.32. The fourth-order valence-electron chi connectivity index (χ4n) is 1.17. The van der Waals surface area contributed by atoms with Crippen LogP contribution in [0.2, 0.25) is 0 Å². The summed E-state index contributed by atoms with van der Waals surface area (Å²) in [5.41, 5.74) is -0.551. The van der Waals surface area contributed by atoms with E-state index < -0.39 is 17.5 Å². The summed E-state index contributed by atoms with van der Waals surface area (Å²) in [4.78, 5) is 10.1. The van der Waals surface area contributed by atoms with Gasteiger partial charge in [0.25, 0.3) is 0 Å². The minimum atomic E-state index is -4.46. The van der Waals surface area contributed by atoms with Gasteiger partial charge in [-0.15, -0.1) is 0 Å². The lowest BCUT2D eigenvalue weighted by molar-refractivity contribution is -0.137. The van der Waals surface area contributed by atoms with Crippen LogP contribution in [-0.2, 0) is 17.4 Å². The van der Waals surface area contributed by atoms with E-state index >= 15 is 0 Å². The summed E-state index contributed by atoms with van der Waals surface area (Å²) in [5.74, 6) is -0.424. The lowest BCUT2D eigenvalue weighted by Crippen LogP contribution is -2.04. The van der Waals surface area contributed by atoms with Crippen molar-refractivity contribution in [1.29, 1.82) is 0 Å². The summed E-state index contributed by atoms with van der Waals surface area (Å²) in [6.45, 7) is 0. The fraction of sp³-hybridized carbons (Fsp3) is 0.300. The summed E-state index contributed by atoms with van der Waals surface area (Å²) in [7, 11) is 0. The SMILES string of the molecule is O=CCCc1ccc(C(F)(F)F)cc1O. The van der Waals surface area contributed by atoms with Crippen LogP contribution >= 0.6 is 0 Å². The molecule has 0 aliphatic heterocycles. The average molecular weight is 218 g/mol. The number of carbonyl (C=O) groups excluding carboxylic acids is 1. The minimum absolute atomic E-state index is 0.179. The van der Waals surface area contributed by atoms with Crippen molar-refractivity contribution >= 4 is 6.29 Å². The highest BCUT2D eigenvalue weighted by atomic mass is 19.4. The first-order valence-corrected chi connectivity index (χ1v) is 4.28. The first kappa shape index (κ1) is 11.6. The molecule has 0 saturated carbocycles. The molecule has 2 nitrogen and oxygen atoms in total. The number of rotatable bonds is 3. The van der Waals surface area contributed by atoms with Crippen LogP contribution in [-0.4, -0.2) is 11.4 Å². The summed E-state index contributed by atoms with van der Waals surface area (Å²) in [6, 6.07) is 2.74. The number of phenols is 1. The topological polar surface area (TPSA) is 37.3 Å². The number of aryl methyl sites for hydroxylation is 1. The molecule has 0 aromatic heterocycles. The number of halogens is 3. The Kier molecular flexibility index (Phi) is 3.34. The number of hydrogen-bond donors (Lipinski definition) is 1. The van der Waals surface area contributed by atoms with Gasteiger partial charge in [-0.1, -0.05) is 6.07 Å². The lowest BCUT2D eigenvalue weighted by Gasteiger charge is -2.09. The van der Waals surface area contributed by atoms with E-state index in [0.717, 1.165) is 6.07 Å². The standard InChI is InChI=1S/C10H9F3O2/c11-10(12,13)8-4-3-7(2-1-5-14)9(15)6-8/h3-6,15H,1-2H2. The van der Waals surface area contributed by atoms with Crippen LogP contribution in [0, 0.1) is 0 Å². The van der Waals surface area contributed by atoms with Crippen molar-refractivity contribution in [3.63, 3.8) is 0 Å². The number of aromatic hydroxyl groups is 1. The maximum absolute atomic E-state index is 12.2. The smallest absolute Gasteiger partial charge is 0.416 e. The number of hydrogen-bond acceptors (Lipinski definition) is 2. The number of phenolic OH excluding ortho intramolecular Hbond substituents is 1. The number of alkyl halides is 3. The molecule has 1 N–H and O–H groups in total. The zero-order chi connectivity index (χ0) is 11.5. The molecule has 1 aromatic rings. The van der Waals surface area contributed by atoms with E-state index in [1.165, 1.54) is 6.07 Å². The molecule has 82 valence electrons. The first-order chi connectivity index (χ1) is 6.95.